The maximum absolute atomic E-state index is 10.4. The van der Waals surface area contributed by atoms with Crippen LogP contribution in [0.15, 0.2) is 6.20 Å². The highest BCUT2D eigenvalue weighted by atomic mass is 16.6. The van der Waals surface area contributed by atoms with Gasteiger partial charge in [-0.05, 0) is 13.8 Å². The quantitative estimate of drug-likeness (QED) is 0.548. The predicted molar refractivity (Wildman–Crippen MR) is 45.3 cm³/mol. The molecule has 0 spiro atoms. The molecule has 6 heteroatoms. The van der Waals surface area contributed by atoms with Crippen LogP contribution >= 0.6 is 0 Å². The second-order valence-corrected chi connectivity index (χ2v) is 2.93. The van der Waals surface area contributed by atoms with Crippen molar-refractivity contribution >= 4 is 5.69 Å². The minimum atomic E-state index is -0.557. The van der Waals surface area contributed by atoms with Crippen LogP contribution in [-0.2, 0) is 6.54 Å². The van der Waals surface area contributed by atoms with Gasteiger partial charge in [-0.2, -0.15) is 5.10 Å². The number of aliphatic hydroxyl groups excluding tert-OH is 1. The number of aliphatic hydroxyl groups is 1. The highest BCUT2D eigenvalue weighted by molar-refractivity contribution is 5.30. The summed E-state index contributed by atoms with van der Waals surface area (Å²) in [5.41, 5.74) is 0.353. The predicted octanol–water partition coefficient (Wildman–Crippen LogP) is 0.481. The second-order valence-electron chi connectivity index (χ2n) is 2.93. The van der Waals surface area contributed by atoms with Crippen molar-refractivity contribution in [3.63, 3.8) is 0 Å². The van der Waals surface area contributed by atoms with Crippen LogP contribution < -0.4 is 0 Å². The van der Waals surface area contributed by atoms with Gasteiger partial charge in [0.25, 0.3) is 0 Å². The molecule has 0 fully saturated rings. The number of aromatic nitrogens is 2. The zero-order valence-electron chi connectivity index (χ0n) is 7.47. The van der Waals surface area contributed by atoms with E-state index < -0.39 is 11.0 Å². The van der Waals surface area contributed by atoms with E-state index in [-0.39, 0.29) is 12.2 Å². The molecule has 0 bridgehead atoms. The van der Waals surface area contributed by atoms with Crippen molar-refractivity contribution in [1.82, 2.24) is 9.78 Å². The normalized spacial score (nSPS) is 12.8. The van der Waals surface area contributed by atoms with Gasteiger partial charge >= 0.3 is 5.69 Å². The fourth-order valence-corrected chi connectivity index (χ4v) is 1.05. The molecule has 0 aromatic carbocycles. The SMILES string of the molecule is Cc1nn(CC(C)O)cc1[N+](=O)[O-]. The Morgan fingerprint density at radius 2 is 2.46 bits per heavy atom. The summed E-state index contributed by atoms with van der Waals surface area (Å²) in [5.74, 6) is 0. The van der Waals surface area contributed by atoms with E-state index in [9.17, 15) is 10.1 Å². The molecular weight excluding hydrogens is 174 g/mol. The number of nitro groups is 1. The van der Waals surface area contributed by atoms with Gasteiger partial charge in [0.05, 0.1) is 17.6 Å². The Morgan fingerprint density at radius 3 is 2.85 bits per heavy atom. The lowest BCUT2D eigenvalue weighted by Crippen LogP contribution is -2.11. The highest BCUT2D eigenvalue weighted by Gasteiger charge is 2.15. The Kier molecular flexibility index (Phi) is 2.62. The number of rotatable bonds is 3. The lowest BCUT2D eigenvalue weighted by molar-refractivity contribution is -0.385. The van der Waals surface area contributed by atoms with Crippen LogP contribution in [0.5, 0.6) is 0 Å². The van der Waals surface area contributed by atoms with Crippen molar-refractivity contribution in [2.45, 2.75) is 26.5 Å². The summed E-state index contributed by atoms with van der Waals surface area (Å²) in [6.45, 7) is 3.44. The molecule has 1 unspecified atom stereocenters. The van der Waals surface area contributed by atoms with Crippen LogP contribution in [0.4, 0.5) is 5.69 Å². The Hall–Kier alpha value is -1.43. The van der Waals surface area contributed by atoms with Gasteiger partial charge in [-0.1, -0.05) is 0 Å². The van der Waals surface area contributed by atoms with Crippen molar-refractivity contribution in [2.75, 3.05) is 0 Å². The molecular formula is C7H11N3O3. The van der Waals surface area contributed by atoms with Gasteiger partial charge < -0.3 is 5.11 Å². The third-order valence-corrected chi connectivity index (χ3v) is 1.57. The molecule has 0 amide bonds. The fraction of sp³-hybridized carbons (Fsp3) is 0.571. The largest absolute Gasteiger partial charge is 0.391 e. The number of aryl methyl sites for hydroxylation is 1. The van der Waals surface area contributed by atoms with E-state index >= 15 is 0 Å². The Balaban J connectivity index is 2.89. The minimum absolute atomic E-state index is 0.0133. The van der Waals surface area contributed by atoms with Gasteiger partial charge in [0.1, 0.15) is 11.9 Å². The molecule has 0 aliphatic carbocycles. The van der Waals surface area contributed by atoms with Crippen molar-refractivity contribution in [3.05, 3.63) is 22.0 Å². The van der Waals surface area contributed by atoms with Crippen molar-refractivity contribution in [2.24, 2.45) is 0 Å². The number of hydrogen-bond donors (Lipinski definition) is 1. The topological polar surface area (TPSA) is 81.2 Å². The molecule has 13 heavy (non-hydrogen) atoms. The second kappa shape index (κ2) is 3.53. The van der Waals surface area contributed by atoms with Crippen LogP contribution in [-0.4, -0.2) is 25.9 Å². The van der Waals surface area contributed by atoms with Crippen LogP contribution in [0.2, 0.25) is 0 Å². The summed E-state index contributed by atoms with van der Waals surface area (Å²) in [7, 11) is 0. The lowest BCUT2D eigenvalue weighted by atomic mass is 10.4. The zero-order valence-corrected chi connectivity index (χ0v) is 7.47. The van der Waals surface area contributed by atoms with E-state index in [0.29, 0.717) is 5.69 Å². The van der Waals surface area contributed by atoms with Crippen LogP contribution in [0.1, 0.15) is 12.6 Å². The van der Waals surface area contributed by atoms with Crippen molar-refractivity contribution in [1.29, 1.82) is 0 Å². The van der Waals surface area contributed by atoms with Gasteiger partial charge in [-0.25, -0.2) is 0 Å². The van der Waals surface area contributed by atoms with Crippen LogP contribution in [0.3, 0.4) is 0 Å². The Bertz CT molecular complexity index is 319. The van der Waals surface area contributed by atoms with Crippen molar-refractivity contribution in [3.8, 4) is 0 Å². The number of nitrogens with zero attached hydrogens (tertiary/aromatic N) is 3. The summed E-state index contributed by atoms with van der Waals surface area (Å²) in [6, 6.07) is 0. The monoisotopic (exact) mass is 185 g/mol. The summed E-state index contributed by atoms with van der Waals surface area (Å²) in [4.78, 5) is 9.93. The third-order valence-electron chi connectivity index (χ3n) is 1.57. The van der Waals surface area contributed by atoms with Crippen molar-refractivity contribution < 1.29 is 10.0 Å². The molecule has 1 N–H and O–H groups in total. The number of hydrogen-bond acceptors (Lipinski definition) is 4. The van der Waals surface area contributed by atoms with E-state index in [1.165, 1.54) is 10.9 Å². The Labute approximate surface area is 74.9 Å². The van der Waals surface area contributed by atoms with E-state index in [2.05, 4.69) is 5.10 Å². The van der Waals surface area contributed by atoms with E-state index in [1.807, 2.05) is 0 Å². The molecule has 1 aromatic rings. The zero-order chi connectivity index (χ0) is 10.0. The molecule has 1 heterocycles. The van der Waals surface area contributed by atoms with Gasteiger partial charge in [0.15, 0.2) is 0 Å². The average Bonchev–Trinajstić information content (AvgIpc) is 2.29. The highest BCUT2D eigenvalue weighted by Crippen LogP contribution is 2.14. The molecule has 1 rings (SSSR count). The molecule has 0 aliphatic heterocycles. The summed E-state index contributed by atoms with van der Waals surface area (Å²) < 4.78 is 1.37. The van der Waals surface area contributed by atoms with E-state index in [4.69, 9.17) is 5.11 Å². The maximum atomic E-state index is 10.4. The molecule has 1 atom stereocenters. The first-order valence-electron chi connectivity index (χ1n) is 3.87. The van der Waals surface area contributed by atoms with Gasteiger partial charge in [0, 0.05) is 0 Å². The average molecular weight is 185 g/mol. The molecule has 0 saturated carbocycles. The molecule has 72 valence electrons. The first-order chi connectivity index (χ1) is 6.00. The third kappa shape index (κ3) is 2.25. The molecule has 1 aromatic heterocycles. The lowest BCUT2D eigenvalue weighted by Gasteiger charge is -2.01. The van der Waals surface area contributed by atoms with E-state index in [1.54, 1.807) is 13.8 Å². The van der Waals surface area contributed by atoms with Gasteiger partial charge in [-0.15, -0.1) is 0 Å². The van der Waals surface area contributed by atoms with Crippen LogP contribution in [0, 0.1) is 17.0 Å². The molecule has 6 nitrogen and oxygen atoms in total. The summed E-state index contributed by atoms with van der Waals surface area (Å²) >= 11 is 0. The molecule has 0 saturated heterocycles. The van der Waals surface area contributed by atoms with E-state index in [0.717, 1.165) is 0 Å². The molecule has 0 radical (unpaired) electrons. The maximum Gasteiger partial charge on any atom is 0.309 e. The fourth-order valence-electron chi connectivity index (χ4n) is 1.05. The summed E-state index contributed by atoms with van der Waals surface area (Å²) in [5, 5.41) is 23.3. The standard InChI is InChI=1S/C7H11N3O3/c1-5(11)3-9-4-7(10(12)13)6(2)8-9/h4-5,11H,3H2,1-2H3. The van der Waals surface area contributed by atoms with Gasteiger partial charge in [-0.3, -0.25) is 14.8 Å². The first-order valence-corrected chi connectivity index (χ1v) is 3.87. The van der Waals surface area contributed by atoms with Gasteiger partial charge in [0.2, 0.25) is 0 Å². The Morgan fingerprint density at radius 1 is 1.85 bits per heavy atom. The minimum Gasteiger partial charge on any atom is -0.391 e. The van der Waals surface area contributed by atoms with Crippen LogP contribution in [0.25, 0.3) is 0 Å². The summed E-state index contributed by atoms with van der Waals surface area (Å²) in [6.07, 6.45) is 0.765. The smallest absolute Gasteiger partial charge is 0.309 e. The molecule has 0 aliphatic rings. The first kappa shape index (κ1) is 9.66.